The highest BCUT2D eigenvalue weighted by molar-refractivity contribution is 8.00. The van der Waals surface area contributed by atoms with Gasteiger partial charge >= 0.3 is 0 Å². The third-order valence-corrected chi connectivity index (χ3v) is 4.48. The van der Waals surface area contributed by atoms with Crippen LogP contribution in [0.5, 0.6) is 0 Å². The number of anilines is 1. The minimum absolute atomic E-state index is 0.0535. The fourth-order valence-corrected chi connectivity index (χ4v) is 2.52. The Labute approximate surface area is 120 Å². The zero-order chi connectivity index (χ0) is 14.6. The van der Waals surface area contributed by atoms with Crippen LogP contribution in [0.4, 0.5) is 5.69 Å². The van der Waals surface area contributed by atoms with Gasteiger partial charge in [0.25, 0.3) is 0 Å². The number of benzene rings is 1. The van der Waals surface area contributed by atoms with Crippen molar-refractivity contribution in [2.75, 3.05) is 5.73 Å². The van der Waals surface area contributed by atoms with Crippen molar-refractivity contribution in [2.45, 2.75) is 56.7 Å². The first-order valence-electron chi connectivity index (χ1n) is 6.60. The van der Waals surface area contributed by atoms with Gasteiger partial charge in [-0.25, -0.2) is 0 Å². The number of carbonyl (C=O) groups is 1. The van der Waals surface area contributed by atoms with E-state index < -0.39 is 0 Å². The van der Waals surface area contributed by atoms with Gasteiger partial charge in [-0.3, -0.25) is 4.79 Å². The lowest BCUT2D eigenvalue weighted by atomic mass is 10.0. The van der Waals surface area contributed by atoms with Gasteiger partial charge in [0.05, 0.1) is 5.25 Å². The number of nitrogens with one attached hydrogen (secondary N) is 1. The molecule has 0 heterocycles. The van der Waals surface area contributed by atoms with Crippen LogP contribution in [0.25, 0.3) is 0 Å². The first-order chi connectivity index (χ1) is 8.76. The van der Waals surface area contributed by atoms with Crippen molar-refractivity contribution in [1.29, 1.82) is 0 Å². The maximum Gasteiger partial charge on any atom is 0.233 e. The molecule has 1 aromatic carbocycles. The zero-order valence-corrected chi connectivity index (χ0v) is 13.2. The second kappa shape index (κ2) is 6.33. The fourth-order valence-electron chi connectivity index (χ4n) is 1.52. The first-order valence-corrected chi connectivity index (χ1v) is 7.48. The summed E-state index contributed by atoms with van der Waals surface area (Å²) in [5, 5.41) is 2.90. The quantitative estimate of drug-likeness (QED) is 0.642. The first kappa shape index (κ1) is 15.9. The van der Waals surface area contributed by atoms with Crippen LogP contribution in [-0.4, -0.2) is 16.7 Å². The molecule has 106 valence electrons. The normalized spacial score (nSPS) is 13.1. The summed E-state index contributed by atoms with van der Waals surface area (Å²) in [6, 6.07) is 5.90. The van der Waals surface area contributed by atoms with Crippen molar-refractivity contribution in [3.63, 3.8) is 0 Å². The Hall–Kier alpha value is -1.16. The molecule has 0 fully saturated rings. The van der Waals surface area contributed by atoms with Crippen LogP contribution < -0.4 is 11.1 Å². The van der Waals surface area contributed by atoms with Crippen molar-refractivity contribution in [3.8, 4) is 0 Å². The number of nitrogens with two attached hydrogens (primary N) is 1. The average molecular weight is 280 g/mol. The Balaban J connectivity index is 2.72. The molecule has 19 heavy (non-hydrogen) atoms. The summed E-state index contributed by atoms with van der Waals surface area (Å²) in [6.07, 6.45) is 0.905. The number of hydrogen-bond acceptors (Lipinski definition) is 3. The molecule has 3 N–H and O–H groups in total. The number of aryl methyl sites for hydroxylation is 1. The Kier molecular flexibility index (Phi) is 5.29. The van der Waals surface area contributed by atoms with E-state index in [2.05, 4.69) is 12.2 Å². The molecule has 0 radical (unpaired) electrons. The lowest BCUT2D eigenvalue weighted by Crippen LogP contribution is -2.46. The molecule has 0 saturated heterocycles. The maximum absolute atomic E-state index is 12.1. The van der Waals surface area contributed by atoms with Gasteiger partial charge in [-0.2, -0.15) is 0 Å². The van der Waals surface area contributed by atoms with Crippen molar-refractivity contribution in [1.82, 2.24) is 5.32 Å². The molecule has 0 aliphatic heterocycles. The molecule has 1 unspecified atom stereocenters. The minimum Gasteiger partial charge on any atom is -0.398 e. The molecule has 0 aromatic heterocycles. The van der Waals surface area contributed by atoms with Crippen LogP contribution >= 0.6 is 11.8 Å². The van der Waals surface area contributed by atoms with Crippen LogP contribution in [0.15, 0.2) is 23.1 Å². The molecule has 0 aliphatic rings. The third kappa shape index (κ3) is 4.46. The van der Waals surface area contributed by atoms with Gasteiger partial charge in [-0.05, 0) is 45.7 Å². The standard InChI is InChI=1S/C15H24N2OS/c1-6-15(4,5)17-14(18)11(3)19-12-9-7-8-10(2)13(12)16/h7-9,11H,6,16H2,1-5H3,(H,17,18). The van der Waals surface area contributed by atoms with Gasteiger partial charge in [-0.1, -0.05) is 19.1 Å². The van der Waals surface area contributed by atoms with Crippen molar-refractivity contribution in [3.05, 3.63) is 23.8 Å². The van der Waals surface area contributed by atoms with E-state index in [0.29, 0.717) is 0 Å². The number of amides is 1. The van der Waals surface area contributed by atoms with E-state index in [1.54, 1.807) is 0 Å². The van der Waals surface area contributed by atoms with E-state index in [1.807, 2.05) is 45.9 Å². The second-order valence-electron chi connectivity index (χ2n) is 5.47. The van der Waals surface area contributed by atoms with Gasteiger partial charge in [0.2, 0.25) is 5.91 Å². The summed E-state index contributed by atoms with van der Waals surface area (Å²) in [6.45, 7) is 10.0. The highest BCUT2D eigenvalue weighted by Crippen LogP contribution is 2.30. The highest BCUT2D eigenvalue weighted by Gasteiger charge is 2.22. The lowest BCUT2D eigenvalue weighted by Gasteiger charge is -2.26. The highest BCUT2D eigenvalue weighted by atomic mass is 32.2. The Morgan fingerprint density at radius 1 is 1.47 bits per heavy atom. The number of nitrogen functional groups attached to an aromatic ring is 1. The number of rotatable bonds is 5. The third-order valence-electron chi connectivity index (χ3n) is 3.30. The average Bonchev–Trinajstić information content (AvgIpc) is 2.34. The Bertz CT molecular complexity index is 457. The molecule has 1 amide bonds. The van der Waals surface area contributed by atoms with Crippen LogP contribution in [0.1, 0.15) is 39.7 Å². The van der Waals surface area contributed by atoms with E-state index in [0.717, 1.165) is 22.6 Å². The second-order valence-corrected chi connectivity index (χ2v) is 6.86. The minimum atomic E-state index is -0.163. The topological polar surface area (TPSA) is 55.1 Å². The molecule has 0 spiro atoms. The maximum atomic E-state index is 12.1. The summed E-state index contributed by atoms with van der Waals surface area (Å²) in [7, 11) is 0. The van der Waals surface area contributed by atoms with E-state index in [9.17, 15) is 4.79 Å². The number of hydrogen-bond donors (Lipinski definition) is 2. The molecule has 4 heteroatoms. The summed E-state index contributed by atoms with van der Waals surface area (Å²) in [5.41, 5.74) is 7.68. The molecule has 3 nitrogen and oxygen atoms in total. The SMILES string of the molecule is CCC(C)(C)NC(=O)C(C)Sc1cccc(C)c1N. The largest absolute Gasteiger partial charge is 0.398 e. The van der Waals surface area contributed by atoms with Gasteiger partial charge in [0, 0.05) is 16.1 Å². The predicted molar refractivity (Wildman–Crippen MR) is 83.4 cm³/mol. The van der Waals surface area contributed by atoms with Crippen molar-refractivity contribution < 1.29 is 4.79 Å². The van der Waals surface area contributed by atoms with Gasteiger partial charge in [0.15, 0.2) is 0 Å². The molecular formula is C15H24N2OS. The lowest BCUT2D eigenvalue weighted by molar-refractivity contribution is -0.121. The Morgan fingerprint density at radius 2 is 2.11 bits per heavy atom. The van der Waals surface area contributed by atoms with E-state index in [-0.39, 0.29) is 16.7 Å². The van der Waals surface area contributed by atoms with Gasteiger partial charge < -0.3 is 11.1 Å². The van der Waals surface area contributed by atoms with Crippen LogP contribution in [0.2, 0.25) is 0 Å². The van der Waals surface area contributed by atoms with Crippen molar-refractivity contribution in [2.24, 2.45) is 0 Å². The van der Waals surface area contributed by atoms with Crippen LogP contribution in [0, 0.1) is 6.92 Å². The van der Waals surface area contributed by atoms with E-state index in [1.165, 1.54) is 11.8 Å². The van der Waals surface area contributed by atoms with Crippen LogP contribution in [-0.2, 0) is 4.79 Å². The van der Waals surface area contributed by atoms with E-state index >= 15 is 0 Å². The fraction of sp³-hybridized carbons (Fsp3) is 0.533. The summed E-state index contributed by atoms with van der Waals surface area (Å²) >= 11 is 1.51. The predicted octanol–water partition coefficient (Wildman–Crippen LogP) is 3.36. The molecule has 0 bridgehead atoms. The van der Waals surface area contributed by atoms with Crippen molar-refractivity contribution >= 4 is 23.4 Å². The summed E-state index contributed by atoms with van der Waals surface area (Å²) in [4.78, 5) is 13.1. The number of thioether (sulfide) groups is 1. The number of para-hydroxylation sites is 1. The molecule has 0 aliphatic carbocycles. The van der Waals surface area contributed by atoms with Gasteiger partial charge in [-0.15, -0.1) is 11.8 Å². The van der Waals surface area contributed by atoms with Crippen LogP contribution in [0.3, 0.4) is 0 Å². The molecule has 1 rings (SSSR count). The number of carbonyl (C=O) groups excluding carboxylic acids is 1. The summed E-state index contributed by atoms with van der Waals surface area (Å²) in [5.74, 6) is 0.0535. The van der Waals surface area contributed by atoms with E-state index in [4.69, 9.17) is 5.73 Å². The molecule has 1 atom stereocenters. The molecule has 1 aromatic rings. The summed E-state index contributed by atoms with van der Waals surface area (Å²) < 4.78 is 0. The van der Waals surface area contributed by atoms with Gasteiger partial charge in [0.1, 0.15) is 0 Å². The smallest absolute Gasteiger partial charge is 0.233 e. The molecular weight excluding hydrogens is 256 g/mol. The molecule has 0 saturated carbocycles. The monoisotopic (exact) mass is 280 g/mol. The Morgan fingerprint density at radius 3 is 2.68 bits per heavy atom. The zero-order valence-electron chi connectivity index (χ0n) is 12.4.